The summed E-state index contributed by atoms with van der Waals surface area (Å²) >= 11 is 6.38. The second-order valence-electron chi connectivity index (χ2n) is 7.07. The third-order valence-electron chi connectivity index (χ3n) is 5.32. The standard InChI is InChI=1S/C24H23ClN2O4/c1-29-20-12-16(13-21(30-2)22(20)31-3)26-23-17-9-5-6-10-18(17)24(28)27(23)14-15-8-4-7-11-19(15)25/h4-13,23,26H,14H2,1-3H3/t23-/m1/s1. The molecule has 1 amide bonds. The number of nitrogens with one attached hydrogen (secondary N) is 1. The van der Waals surface area contributed by atoms with Gasteiger partial charge in [0.05, 0.1) is 21.3 Å². The van der Waals surface area contributed by atoms with Gasteiger partial charge in [-0.2, -0.15) is 0 Å². The van der Waals surface area contributed by atoms with E-state index in [1.165, 1.54) is 0 Å². The number of carbonyl (C=O) groups excluding carboxylic acids is 1. The number of carbonyl (C=O) groups is 1. The van der Waals surface area contributed by atoms with Crippen LogP contribution >= 0.6 is 11.6 Å². The van der Waals surface area contributed by atoms with Gasteiger partial charge in [0.25, 0.3) is 5.91 Å². The predicted molar refractivity (Wildman–Crippen MR) is 120 cm³/mol. The van der Waals surface area contributed by atoms with E-state index >= 15 is 0 Å². The number of fused-ring (bicyclic) bond motifs is 1. The van der Waals surface area contributed by atoms with E-state index in [0.29, 0.717) is 34.4 Å². The van der Waals surface area contributed by atoms with Crippen molar-refractivity contribution in [3.8, 4) is 17.2 Å². The number of benzene rings is 3. The average Bonchev–Trinajstić information content (AvgIpc) is 3.05. The Bertz CT molecular complexity index is 1090. The van der Waals surface area contributed by atoms with Crippen LogP contribution in [-0.2, 0) is 6.54 Å². The highest BCUT2D eigenvalue weighted by atomic mass is 35.5. The van der Waals surface area contributed by atoms with Gasteiger partial charge in [0, 0.05) is 40.5 Å². The molecule has 3 aromatic rings. The summed E-state index contributed by atoms with van der Waals surface area (Å²) in [6.07, 6.45) is -0.386. The van der Waals surface area contributed by atoms with Crippen LogP contribution in [0.15, 0.2) is 60.7 Å². The number of methoxy groups -OCH3 is 3. The molecule has 0 aliphatic carbocycles. The van der Waals surface area contributed by atoms with Crippen molar-refractivity contribution in [1.29, 1.82) is 0 Å². The molecule has 0 aromatic heterocycles. The molecule has 7 heteroatoms. The third kappa shape index (κ3) is 3.86. The Morgan fingerprint density at radius 2 is 1.58 bits per heavy atom. The van der Waals surface area contributed by atoms with Crippen LogP contribution in [0.1, 0.15) is 27.7 Å². The molecule has 1 N–H and O–H groups in total. The summed E-state index contributed by atoms with van der Waals surface area (Å²) in [5, 5.41) is 4.09. The van der Waals surface area contributed by atoms with Crippen molar-refractivity contribution in [1.82, 2.24) is 4.90 Å². The molecule has 1 heterocycles. The van der Waals surface area contributed by atoms with E-state index in [2.05, 4.69) is 5.32 Å². The molecule has 4 rings (SSSR count). The van der Waals surface area contributed by atoms with Crippen molar-refractivity contribution in [2.24, 2.45) is 0 Å². The van der Waals surface area contributed by atoms with Crippen LogP contribution in [0.4, 0.5) is 5.69 Å². The Labute approximate surface area is 186 Å². The number of halogens is 1. The number of anilines is 1. The summed E-state index contributed by atoms with van der Waals surface area (Å²) in [5.41, 5.74) is 3.17. The molecule has 0 saturated heterocycles. The maximum absolute atomic E-state index is 13.2. The highest BCUT2D eigenvalue weighted by Gasteiger charge is 2.37. The number of hydrogen-bond donors (Lipinski definition) is 1. The van der Waals surface area contributed by atoms with Crippen LogP contribution in [0.25, 0.3) is 0 Å². The fourth-order valence-corrected chi connectivity index (χ4v) is 4.02. The minimum absolute atomic E-state index is 0.0551. The second kappa shape index (κ2) is 8.78. The lowest BCUT2D eigenvalue weighted by atomic mass is 10.1. The molecule has 3 aromatic carbocycles. The lowest BCUT2D eigenvalue weighted by Gasteiger charge is -2.28. The van der Waals surface area contributed by atoms with Gasteiger partial charge in [0.1, 0.15) is 6.17 Å². The summed E-state index contributed by atoms with van der Waals surface area (Å²) in [5.74, 6) is 1.51. The number of rotatable bonds is 7. The van der Waals surface area contributed by atoms with Crippen LogP contribution in [-0.4, -0.2) is 32.1 Å². The number of amides is 1. The van der Waals surface area contributed by atoms with Crippen molar-refractivity contribution in [3.05, 3.63) is 82.4 Å². The van der Waals surface area contributed by atoms with Gasteiger partial charge in [-0.05, 0) is 17.7 Å². The SMILES string of the molecule is COc1cc(N[C@H]2c3ccccc3C(=O)N2Cc2ccccc2Cl)cc(OC)c1OC. The monoisotopic (exact) mass is 438 g/mol. The quantitative estimate of drug-likeness (QED) is 0.554. The fraction of sp³-hybridized carbons (Fsp3) is 0.208. The molecule has 1 aliphatic heterocycles. The molecule has 31 heavy (non-hydrogen) atoms. The van der Waals surface area contributed by atoms with E-state index in [1.807, 2.05) is 60.7 Å². The number of ether oxygens (including phenoxy) is 3. The van der Waals surface area contributed by atoms with Gasteiger partial charge in [0.15, 0.2) is 11.5 Å². The zero-order chi connectivity index (χ0) is 22.0. The Morgan fingerprint density at radius 3 is 2.23 bits per heavy atom. The molecule has 0 radical (unpaired) electrons. The lowest BCUT2D eigenvalue weighted by molar-refractivity contribution is 0.0729. The third-order valence-corrected chi connectivity index (χ3v) is 5.69. The highest BCUT2D eigenvalue weighted by molar-refractivity contribution is 6.31. The van der Waals surface area contributed by atoms with Crippen molar-refractivity contribution in [2.45, 2.75) is 12.7 Å². The topological polar surface area (TPSA) is 60.0 Å². The van der Waals surface area contributed by atoms with Crippen LogP contribution in [0.2, 0.25) is 5.02 Å². The summed E-state index contributed by atoms with van der Waals surface area (Å²) < 4.78 is 16.4. The molecule has 0 spiro atoms. The van der Waals surface area contributed by atoms with E-state index in [-0.39, 0.29) is 12.1 Å². The Hall–Kier alpha value is -3.38. The zero-order valence-electron chi connectivity index (χ0n) is 17.5. The van der Waals surface area contributed by atoms with Gasteiger partial charge in [0.2, 0.25) is 5.75 Å². The van der Waals surface area contributed by atoms with Crippen molar-refractivity contribution in [3.63, 3.8) is 0 Å². The van der Waals surface area contributed by atoms with Crippen molar-refractivity contribution >= 4 is 23.2 Å². The van der Waals surface area contributed by atoms with E-state index < -0.39 is 0 Å². The highest BCUT2D eigenvalue weighted by Crippen LogP contribution is 2.42. The molecule has 0 fully saturated rings. The van der Waals surface area contributed by atoms with Crippen LogP contribution < -0.4 is 19.5 Å². The first-order chi connectivity index (χ1) is 15.1. The Balaban J connectivity index is 1.74. The van der Waals surface area contributed by atoms with Crippen LogP contribution in [0.3, 0.4) is 0 Å². The van der Waals surface area contributed by atoms with Gasteiger partial charge in [-0.15, -0.1) is 0 Å². The maximum Gasteiger partial charge on any atom is 0.256 e. The molecule has 6 nitrogen and oxygen atoms in total. The van der Waals surface area contributed by atoms with E-state index in [4.69, 9.17) is 25.8 Å². The Morgan fingerprint density at radius 1 is 0.935 bits per heavy atom. The van der Waals surface area contributed by atoms with Crippen molar-refractivity contribution in [2.75, 3.05) is 26.6 Å². The molecule has 0 saturated carbocycles. The number of nitrogens with zero attached hydrogens (tertiary/aromatic N) is 1. The van der Waals surface area contributed by atoms with Gasteiger partial charge in [-0.25, -0.2) is 0 Å². The summed E-state index contributed by atoms with van der Waals surface area (Å²) in [6, 6.07) is 18.8. The summed E-state index contributed by atoms with van der Waals surface area (Å²) in [7, 11) is 4.70. The molecule has 1 atom stereocenters. The van der Waals surface area contributed by atoms with E-state index in [0.717, 1.165) is 16.8 Å². The predicted octanol–water partition coefficient (Wildman–Crippen LogP) is 5.13. The largest absolute Gasteiger partial charge is 0.493 e. The van der Waals surface area contributed by atoms with E-state index in [9.17, 15) is 4.79 Å². The molecule has 1 aliphatic rings. The molecule has 0 bridgehead atoms. The average molecular weight is 439 g/mol. The van der Waals surface area contributed by atoms with Gasteiger partial charge >= 0.3 is 0 Å². The fourth-order valence-electron chi connectivity index (χ4n) is 3.82. The molecular weight excluding hydrogens is 416 g/mol. The van der Waals surface area contributed by atoms with Crippen molar-refractivity contribution < 1.29 is 19.0 Å². The van der Waals surface area contributed by atoms with Gasteiger partial charge in [-0.1, -0.05) is 48.0 Å². The molecule has 160 valence electrons. The smallest absolute Gasteiger partial charge is 0.256 e. The van der Waals surface area contributed by atoms with E-state index in [1.54, 1.807) is 26.2 Å². The first-order valence-corrected chi connectivity index (χ1v) is 10.1. The minimum Gasteiger partial charge on any atom is -0.493 e. The maximum atomic E-state index is 13.2. The Kier molecular flexibility index (Phi) is 5.91. The number of hydrogen-bond acceptors (Lipinski definition) is 5. The lowest BCUT2D eigenvalue weighted by Crippen LogP contribution is -2.32. The van der Waals surface area contributed by atoms with Gasteiger partial charge in [-0.3, -0.25) is 4.79 Å². The molecular formula is C24H23ClN2O4. The summed E-state index contributed by atoms with van der Waals surface area (Å²) in [4.78, 5) is 15.0. The van der Waals surface area contributed by atoms with Gasteiger partial charge < -0.3 is 24.4 Å². The normalized spacial score (nSPS) is 14.9. The first-order valence-electron chi connectivity index (χ1n) is 9.77. The van der Waals surface area contributed by atoms with Crippen LogP contribution in [0, 0.1) is 0 Å². The minimum atomic E-state index is -0.386. The first kappa shape index (κ1) is 20.9. The molecule has 0 unspecified atom stereocenters. The van der Waals surface area contributed by atoms with Crippen LogP contribution in [0.5, 0.6) is 17.2 Å². The zero-order valence-corrected chi connectivity index (χ0v) is 18.3. The summed E-state index contributed by atoms with van der Waals surface area (Å²) in [6.45, 7) is 0.370. The second-order valence-corrected chi connectivity index (χ2v) is 7.48.